The number of likely N-dealkylation sites (tertiary alicyclic amines) is 1. The second-order valence-electron chi connectivity index (χ2n) is 5.34. The van der Waals surface area contributed by atoms with Crippen molar-refractivity contribution >= 4 is 17.7 Å². The first-order valence-electron chi connectivity index (χ1n) is 7.17. The van der Waals surface area contributed by atoms with Crippen LogP contribution in [0.3, 0.4) is 0 Å². The third kappa shape index (κ3) is 3.65. The Labute approximate surface area is 122 Å². The first-order valence-corrected chi connectivity index (χ1v) is 8.16. The first-order chi connectivity index (χ1) is 9.61. The molecule has 112 valence electrons. The number of carbonyl (C=O) groups is 1. The molecule has 1 amide bonds. The van der Waals surface area contributed by atoms with Crippen LogP contribution in [0.4, 0.5) is 0 Å². The highest BCUT2D eigenvalue weighted by atomic mass is 32.2. The third-order valence-corrected chi connectivity index (χ3v) is 4.47. The normalized spacial score (nSPS) is 19.3. The summed E-state index contributed by atoms with van der Waals surface area (Å²) in [5.74, 6) is 1.07. The molecule has 1 fully saturated rings. The van der Waals surface area contributed by atoms with Crippen LogP contribution in [0.25, 0.3) is 0 Å². The quantitative estimate of drug-likeness (QED) is 0.833. The molecular formula is C13H22N4O2S. The third-order valence-electron chi connectivity index (χ3n) is 3.50. The molecule has 1 aromatic heterocycles. The van der Waals surface area contributed by atoms with Gasteiger partial charge in [0.2, 0.25) is 5.91 Å². The molecule has 0 aliphatic carbocycles. The minimum atomic E-state index is -0.201. The fourth-order valence-corrected chi connectivity index (χ4v) is 3.34. The average molecular weight is 298 g/mol. The van der Waals surface area contributed by atoms with Crippen molar-refractivity contribution in [2.24, 2.45) is 5.92 Å². The molecule has 0 radical (unpaired) electrons. The van der Waals surface area contributed by atoms with Crippen LogP contribution in [0.1, 0.15) is 33.1 Å². The van der Waals surface area contributed by atoms with E-state index in [-0.39, 0.29) is 11.6 Å². The van der Waals surface area contributed by atoms with E-state index in [0.29, 0.717) is 23.4 Å². The van der Waals surface area contributed by atoms with E-state index in [1.165, 1.54) is 18.2 Å². The predicted octanol–water partition coefficient (Wildman–Crippen LogP) is 1.33. The maximum absolute atomic E-state index is 12.2. The molecule has 20 heavy (non-hydrogen) atoms. The number of thioether (sulfide) groups is 1. The van der Waals surface area contributed by atoms with Gasteiger partial charge in [-0.3, -0.25) is 9.36 Å². The molecule has 1 saturated heterocycles. The highest BCUT2D eigenvalue weighted by molar-refractivity contribution is 7.99. The van der Waals surface area contributed by atoms with Crippen molar-refractivity contribution < 1.29 is 4.79 Å². The van der Waals surface area contributed by atoms with Gasteiger partial charge in [0, 0.05) is 19.6 Å². The van der Waals surface area contributed by atoms with Gasteiger partial charge in [0.15, 0.2) is 5.16 Å². The summed E-state index contributed by atoms with van der Waals surface area (Å²) in [4.78, 5) is 25.7. The Morgan fingerprint density at radius 1 is 1.55 bits per heavy atom. The van der Waals surface area contributed by atoms with Gasteiger partial charge in [-0.2, -0.15) is 0 Å². The highest BCUT2D eigenvalue weighted by Gasteiger charge is 2.21. The molecule has 1 aliphatic rings. The van der Waals surface area contributed by atoms with Gasteiger partial charge in [-0.1, -0.05) is 25.6 Å². The number of piperidine rings is 1. The smallest absolute Gasteiger partial charge is 0.342 e. The summed E-state index contributed by atoms with van der Waals surface area (Å²) in [5, 5.41) is 7.03. The summed E-state index contributed by atoms with van der Waals surface area (Å²) in [5.41, 5.74) is -0.201. The fraction of sp³-hybridized carbons (Fsp3) is 0.769. The van der Waals surface area contributed by atoms with Crippen molar-refractivity contribution in [3.8, 4) is 0 Å². The SMILES string of the molecule is CCCn1c(SCC(=O)N2CCC[C@@H](C)C2)n[nH]c1=O. The number of H-pyrrole nitrogens is 1. The summed E-state index contributed by atoms with van der Waals surface area (Å²) >= 11 is 1.34. The van der Waals surface area contributed by atoms with Crippen molar-refractivity contribution in [2.75, 3.05) is 18.8 Å². The topological polar surface area (TPSA) is 71.0 Å². The van der Waals surface area contributed by atoms with E-state index in [1.807, 2.05) is 11.8 Å². The number of aromatic amines is 1. The minimum absolute atomic E-state index is 0.139. The molecule has 1 aromatic rings. The summed E-state index contributed by atoms with van der Waals surface area (Å²) in [6.07, 6.45) is 3.15. The van der Waals surface area contributed by atoms with Gasteiger partial charge < -0.3 is 4.90 Å². The molecule has 6 nitrogen and oxygen atoms in total. The number of rotatable bonds is 5. The van der Waals surface area contributed by atoms with E-state index in [1.54, 1.807) is 4.57 Å². The zero-order chi connectivity index (χ0) is 14.5. The van der Waals surface area contributed by atoms with Gasteiger partial charge in [-0.25, -0.2) is 9.89 Å². The highest BCUT2D eigenvalue weighted by Crippen LogP contribution is 2.19. The molecule has 2 rings (SSSR count). The molecule has 0 aromatic carbocycles. The van der Waals surface area contributed by atoms with Gasteiger partial charge in [-0.05, 0) is 25.2 Å². The molecule has 1 aliphatic heterocycles. The number of hydrogen-bond acceptors (Lipinski definition) is 4. The molecule has 7 heteroatoms. The predicted molar refractivity (Wildman–Crippen MR) is 78.8 cm³/mol. The lowest BCUT2D eigenvalue weighted by atomic mass is 10.0. The van der Waals surface area contributed by atoms with Gasteiger partial charge >= 0.3 is 5.69 Å². The number of aromatic nitrogens is 3. The van der Waals surface area contributed by atoms with Crippen LogP contribution in [0, 0.1) is 5.92 Å². The number of carbonyl (C=O) groups excluding carboxylic acids is 1. The number of nitrogens with one attached hydrogen (secondary N) is 1. The van der Waals surface area contributed by atoms with E-state index in [4.69, 9.17) is 0 Å². The van der Waals surface area contributed by atoms with E-state index in [9.17, 15) is 9.59 Å². The zero-order valence-electron chi connectivity index (χ0n) is 12.1. The molecule has 0 bridgehead atoms. The van der Waals surface area contributed by atoms with Crippen molar-refractivity contribution in [1.82, 2.24) is 19.7 Å². The van der Waals surface area contributed by atoms with E-state index in [2.05, 4.69) is 17.1 Å². The van der Waals surface area contributed by atoms with Crippen LogP contribution in [-0.2, 0) is 11.3 Å². The van der Waals surface area contributed by atoms with Crippen LogP contribution in [0.2, 0.25) is 0 Å². The Kier molecular flexibility index (Phi) is 5.28. The maximum atomic E-state index is 12.2. The van der Waals surface area contributed by atoms with Crippen LogP contribution in [0.5, 0.6) is 0 Å². The molecule has 0 saturated carbocycles. The Balaban J connectivity index is 1.91. The molecule has 0 spiro atoms. The molecule has 0 unspecified atom stereocenters. The van der Waals surface area contributed by atoms with Crippen molar-refractivity contribution in [3.63, 3.8) is 0 Å². The summed E-state index contributed by atoms with van der Waals surface area (Å²) in [6.45, 7) is 6.52. The van der Waals surface area contributed by atoms with Gasteiger partial charge in [0.05, 0.1) is 5.75 Å². The lowest BCUT2D eigenvalue weighted by molar-refractivity contribution is -0.130. The fourth-order valence-electron chi connectivity index (χ4n) is 2.47. The second-order valence-corrected chi connectivity index (χ2v) is 6.28. The monoisotopic (exact) mass is 298 g/mol. The van der Waals surface area contributed by atoms with Gasteiger partial charge in [0.25, 0.3) is 0 Å². The van der Waals surface area contributed by atoms with Crippen LogP contribution >= 0.6 is 11.8 Å². The number of hydrogen-bond donors (Lipinski definition) is 1. The van der Waals surface area contributed by atoms with Crippen molar-refractivity contribution in [3.05, 3.63) is 10.5 Å². The van der Waals surface area contributed by atoms with E-state index < -0.39 is 0 Å². The number of nitrogens with zero attached hydrogens (tertiary/aromatic N) is 3. The number of amides is 1. The zero-order valence-corrected chi connectivity index (χ0v) is 12.9. The van der Waals surface area contributed by atoms with Crippen LogP contribution in [-0.4, -0.2) is 44.4 Å². The molecule has 2 heterocycles. The Morgan fingerprint density at radius 3 is 3.05 bits per heavy atom. The van der Waals surface area contributed by atoms with Gasteiger partial charge in [0.1, 0.15) is 0 Å². The Bertz CT molecular complexity index is 511. The molecular weight excluding hydrogens is 276 g/mol. The maximum Gasteiger partial charge on any atom is 0.343 e. The van der Waals surface area contributed by atoms with Crippen molar-refractivity contribution in [2.45, 2.75) is 44.8 Å². The standard InChI is InChI=1S/C13H22N4O2S/c1-3-6-17-12(19)14-15-13(17)20-9-11(18)16-7-4-5-10(2)8-16/h10H,3-9H2,1-2H3,(H,14,19)/t10-/m1/s1. The lowest BCUT2D eigenvalue weighted by Gasteiger charge is -2.30. The Morgan fingerprint density at radius 2 is 2.35 bits per heavy atom. The summed E-state index contributed by atoms with van der Waals surface area (Å²) in [7, 11) is 0. The van der Waals surface area contributed by atoms with Gasteiger partial charge in [-0.15, -0.1) is 5.10 Å². The second kappa shape index (κ2) is 6.97. The van der Waals surface area contributed by atoms with Crippen molar-refractivity contribution in [1.29, 1.82) is 0 Å². The van der Waals surface area contributed by atoms with Crippen LogP contribution in [0.15, 0.2) is 9.95 Å². The average Bonchev–Trinajstić information content (AvgIpc) is 2.78. The largest absolute Gasteiger partial charge is 0.343 e. The Hall–Kier alpha value is -1.24. The summed E-state index contributed by atoms with van der Waals surface area (Å²) in [6, 6.07) is 0. The molecule has 1 N–H and O–H groups in total. The van der Waals surface area contributed by atoms with E-state index >= 15 is 0 Å². The van der Waals surface area contributed by atoms with Crippen LogP contribution < -0.4 is 5.69 Å². The molecule has 1 atom stereocenters. The first kappa shape index (κ1) is 15.2. The summed E-state index contributed by atoms with van der Waals surface area (Å²) < 4.78 is 1.59. The van der Waals surface area contributed by atoms with E-state index in [0.717, 1.165) is 25.9 Å². The lowest BCUT2D eigenvalue weighted by Crippen LogP contribution is -2.40. The minimum Gasteiger partial charge on any atom is -0.342 e.